The van der Waals surface area contributed by atoms with E-state index < -0.39 is 0 Å². The first-order chi connectivity index (χ1) is 21.3. The Morgan fingerprint density at radius 3 is 1.60 bits per heavy atom. The Labute approximate surface area is 247 Å². The largest absolute Gasteiger partial charge is 0.309 e. The maximum atomic E-state index is 5.13. The standard InChI is InChI=1S/C39H24N4/c1-3-13-25(14-4-1)37-40-38-31-20-9-7-17-28(31)26-23-33(29-18-8-10-21-32(29)39(41-37)42-38)36-34(24-26)30-19-11-12-22-35(30)43(36)27-15-5-2-6-16-27/h1-24H. The molecule has 4 nitrogen and oxygen atoms in total. The molecule has 0 radical (unpaired) electrons. The lowest BCUT2D eigenvalue weighted by atomic mass is 10.00. The Morgan fingerprint density at radius 2 is 0.907 bits per heavy atom. The predicted octanol–water partition coefficient (Wildman–Crippen LogP) is 9.81. The Hall–Kier alpha value is -5.87. The molecule has 43 heavy (non-hydrogen) atoms. The fourth-order valence-corrected chi connectivity index (χ4v) is 6.48. The number of para-hydroxylation sites is 2. The van der Waals surface area contributed by atoms with Gasteiger partial charge in [0, 0.05) is 38.2 Å². The molecule has 9 aromatic rings. The van der Waals surface area contributed by atoms with Crippen LogP contribution in [0.1, 0.15) is 0 Å². The van der Waals surface area contributed by atoms with Crippen LogP contribution in [0.2, 0.25) is 0 Å². The fourth-order valence-electron chi connectivity index (χ4n) is 6.48. The van der Waals surface area contributed by atoms with Crippen LogP contribution in [0.25, 0.3) is 82.5 Å². The summed E-state index contributed by atoms with van der Waals surface area (Å²) in [5, 5.41) is 8.85. The lowest BCUT2D eigenvalue weighted by molar-refractivity contribution is 1.18. The molecule has 3 heterocycles. The summed E-state index contributed by atoms with van der Waals surface area (Å²) >= 11 is 0. The van der Waals surface area contributed by atoms with E-state index in [0.29, 0.717) is 17.1 Å². The molecule has 0 aliphatic rings. The zero-order valence-corrected chi connectivity index (χ0v) is 23.1. The molecule has 0 N–H and O–H groups in total. The average Bonchev–Trinajstić information content (AvgIpc) is 3.42. The highest BCUT2D eigenvalue weighted by Crippen LogP contribution is 2.39. The van der Waals surface area contributed by atoms with E-state index in [1.165, 1.54) is 21.8 Å². The number of benzene rings is 6. The number of hydrogen-bond donors (Lipinski definition) is 0. The van der Waals surface area contributed by atoms with Gasteiger partial charge in [-0.05, 0) is 46.5 Å². The Balaban J connectivity index is 1.61. The van der Waals surface area contributed by atoms with Crippen molar-refractivity contribution in [1.82, 2.24) is 19.5 Å². The van der Waals surface area contributed by atoms with Crippen LogP contribution in [0, 0.1) is 0 Å². The van der Waals surface area contributed by atoms with Crippen LogP contribution in [0.15, 0.2) is 146 Å². The smallest absolute Gasteiger partial charge is 0.164 e. The predicted molar refractivity (Wildman–Crippen MR) is 178 cm³/mol. The second-order valence-corrected chi connectivity index (χ2v) is 10.9. The zero-order valence-electron chi connectivity index (χ0n) is 23.1. The molecule has 0 spiro atoms. The van der Waals surface area contributed by atoms with Gasteiger partial charge in [-0.1, -0.05) is 115 Å². The molecule has 0 saturated carbocycles. The third-order valence-electron chi connectivity index (χ3n) is 8.39. The van der Waals surface area contributed by atoms with Gasteiger partial charge in [0.15, 0.2) is 17.1 Å². The maximum Gasteiger partial charge on any atom is 0.164 e. The van der Waals surface area contributed by atoms with Gasteiger partial charge >= 0.3 is 0 Å². The van der Waals surface area contributed by atoms with Crippen LogP contribution < -0.4 is 0 Å². The number of fused-ring (bicyclic) bond motifs is 14. The molecule has 0 aliphatic heterocycles. The highest BCUT2D eigenvalue weighted by molar-refractivity contribution is 6.24. The van der Waals surface area contributed by atoms with E-state index in [9.17, 15) is 0 Å². The van der Waals surface area contributed by atoms with Crippen LogP contribution >= 0.6 is 0 Å². The van der Waals surface area contributed by atoms with Crippen molar-refractivity contribution in [2.75, 3.05) is 0 Å². The topological polar surface area (TPSA) is 43.6 Å². The number of rotatable bonds is 2. The van der Waals surface area contributed by atoms with Gasteiger partial charge in [-0.25, -0.2) is 15.0 Å². The van der Waals surface area contributed by atoms with E-state index >= 15 is 0 Å². The van der Waals surface area contributed by atoms with Gasteiger partial charge in [0.25, 0.3) is 0 Å². The summed E-state index contributed by atoms with van der Waals surface area (Å²) in [5.41, 5.74) is 5.76. The molecule has 4 heteroatoms. The van der Waals surface area contributed by atoms with Crippen molar-refractivity contribution in [3.63, 3.8) is 0 Å². The van der Waals surface area contributed by atoms with Crippen molar-refractivity contribution in [3.8, 4) is 17.1 Å². The van der Waals surface area contributed by atoms with Crippen molar-refractivity contribution in [2.24, 2.45) is 0 Å². The number of hydrogen-bond acceptors (Lipinski definition) is 3. The third-order valence-corrected chi connectivity index (χ3v) is 8.39. The van der Waals surface area contributed by atoms with Crippen molar-refractivity contribution in [1.29, 1.82) is 0 Å². The molecule has 9 rings (SSSR count). The summed E-state index contributed by atoms with van der Waals surface area (Å²) in [4.78, 5) is 15.2. The minimum absolute atomic E-state index is 0.664. The number of nitrogens with zero attached hydrogens (tertiary/aromatic N) is 4. The molecule has 0 aliphatic carbocycles. The molecule has 0 fully saturated rings. The summed E-state index contributed by atoms with van der Waals surface area (Å²) in [7, 11) is 0. The molecule has 6 aromatic carbocycles. The highest BCUT2D eigenvalue weighted by atomic mass is 15.0. The summed E-state index contributed by atoms with van der Waals surface area (Å²) in [5.74, 6) is 0.665. The summed E-state index contributed by atoms with van der Waals surface area (Å²) in [6.07, 6.45) is 0. The molecule has 3 aromatic heterocycles. The van der Waals surface area contributed by atoms with Gasteiger partial charge < -0.3 is 4.57 Å². The lowest BCUT2D eigenvalue weighted by Gasteiger charge is -2.11. The van der Waals surface area contributed by atoms with Crippen molar-refractivity contribution in [2.45, 2.75) is 0 Å². The van der Waals surface area contributed by atoms with Crippen LogP contribution in [0.3, 0.4) is 0 Å². The van der Waals surface area contributed by atoms with E-state index in [4.69, 9.17) is 15.0 Å². The summed E-state index contributed by atoms with van der Waals surface area (Å²) in [6, 6.07) is 51.1. The SMILES string of the molecule is c1ccc(-c2nc3nc(n2)c2ccccc2c2cc(cc4c5ccccc5n(-c5ccccc5)c24)c2ccccc32)cc1. The first-order valence-corrected chi connectivity index (χ1v) is 14.5. The van der Waals surface area contributed by atoms with Crippen LogP contribution in [0.4, 0.5) is 0 Å². The van der Waals surface area contributed by atoms with E-state index in [1.807, 2.05) is 18.2 Å². The summed E-state index contributed by atoms with van der Waals surface area (Å²) in [6.45, 7) is 0. The molecule has 0 amide bonds. The second kappa shape index (κ2) is 9.33. The van der Waals surface area contributed by atoms with Gasteiger partial charge in [-0.3, -0.25) is 0 Å². The monoisotopic (exact) mass is 548 g/mol. The van der Waals surface area contributed by atoms with Crippen LogP contribution in [-0.2, 0) is 0 Å². The van der Waals surface area contributed by atoms with Gasteiger partial charge in [0.05, 0.1) is 11.0 Å². The van der Waals surface area contributed by atoms with Crippen molar-refractivity contribution in [3.05, 3.63) is 146 Å². The second-order valence-electron chi connectivity index (χ2n) is 10.9. The van der Waals surface area contributed by atoms with Gasteiger partial charge in [0.2, 0.25) is 0 Å². The molecular weight excluding hydrogens is 524 g/mol. The first-order valence-electron chi connectivity index (χ1n) is 14.5. The summed E-state index contributed by atoms with van der Waals surface area (Å²) < 4.78 is 2.40. The van der Waals surface area contributed by atoms with E-state index in [0.717, 1.165) is 43.6 Å². The third kappa shape index (κ3) is 3.67. The van der Waals surface area contributed by atoms with E-state index in [1.54, 1.807) is 0 Å². The molecule has 200 valence electrons. The molecule has 0 saturated heterocycles. The minimum atomic E-state index is 0.664. The van der Waals surface area contributed by atoms with Crippen LogP contribution in [-0.4, -0.2) is 19.5 Å². The maximum absolute atomic E-state index is 5.13. The van der Waals surface area contributed by atoms with Crippen molar-refractivity contribution < 1.29 is 0 Å². The Bertz CT molecular complexity index is 2550. The molecule has 4 bridgehead atoms. The lowest BCUT2D eigenvalue weighted by Crippen LogP contribution is -1.96. The molecular formula is C39H24N4. The Kier molecular flexibility index (Phi) is 5.16. The quantitative estimate of drug-likeness (QED) is 0.216. The van der Waals surface area contributed by atoms with Gasteiger partial charge in [-0.15, -0.1) is 0 Å². The van der Waals surface area contributed by atoms with E-state index in [-0.39, 0.29) is 0 Å². The van der Waals surface area contributed by atoms with E-state index in [2.05, 4.69) is 132 Å². The van der Waals surface area contributed by atoms with Crippen molar-refractivity contribution >= 4 is 65.4 Å². The normalized spacial score (nSPS) is 11.7. The zero-order chi connectivity index (χ0) is 28.3. The molecule has 0 atom stereocenters. The van der Waals surface area contributed by atoms with Gasteiger partial charge in [-0.2, -0.15) is 0 Å². The fraction of sp³-hybridized carbons (Fsp3) is 0. The first kappa shape index (κ1) is 23.8. The van der Waals surface area contributed by atoms with Gasteiger partial charge in [0.1, 0.15) is 0 Å². The van der Waals surface area contributed by atoms with Crippen LogP contribution in [0.5, 0.6) is 0 Å². The Morgan fingerprint density at radius 1 is 0.395 bits per heavy atom. The highest BCUT2D eigenvalue weighted by Gasteiger charge is 2.17. The average molecular weight is 549 g/mol. The number of aromatic nitrogens is 4. The minimum Gasteiger partial charge on any atom is -0.309 e. The molecule has 0 unspecified atom stereocenters.